The van der Waals surface area contributed by atoms with Crippen molar-refractivity contribution < 1.29 is 14.3 Å². The van der Waals surface area contributed by atoms with Crippen molar-refractivity contribution in [2.75, 3.05) is 23.9 Å². The number of nitrogens with one attached hydrogen (secondary N) is 2. The molecule has 0 saturated heterocycles. The molecule has 1 aliphatic rings. The van der Waals surface area contributed by atoms with E-state index in [0.29, 0.717) is 12.2 Å². The third kappa shape index (κ3) is 2.79. The Morgan fingerprint density at radius 1 is 1.15 bits per heavy atom. The Bertz CT molecular complexity index is 1020. The highest BCUT2D eigenvalue weighted by Crippen LogP contribution is 2.30. The van der Waals surface area contributed by atoms with Crippen LogP contribution in [0.15, 0.2) is 42.5 Å². The molecule has 0 saturated carbocycles. The lowest BCUT2D eigenvalue weighted by Gasteiger charge is -2.15. The zero-order chi connectivity index (χ0) is 18.3. The molecule has 6 nitrogen and oxygen atoms in total. The van der Waals surface area contributed by atoms with Crippen LogP contribution in [0.5, 0.6) is 5.75 Å². The number of aromatic nitrogens is 1. The van der Waals surface area contributed by atoms with Gasteiger partial charge in [-0.1, -0.05) is 0 Å². The van der Waals surface area contributed by atoms with Gasteiger partial charge in [-0.3, -0.25) is 9.59 Å². The van der Waals surface area contributed by atoms with E-state index in [1.807, 2.05) is 42.5 Å². The van der Waals surface area contributed by atoms with E-state index < -0.39 is 0 Å². The maximum atomic E-state index is 12.6. The second-order valence-electron chi connectivity index (χ2n) is 6.35. The number of hydrogen-bond donors (Lipinski definition) is 2. The number of ether oxygens (including phenoxy) is 1. The number of carbonyl (C=O) groups excluding carboxylic acids is 2. The topological polar surface area (TPSA) is 74.4 Å². The van der Waals surface area contributed by atoms with Crippen molar-refractivity contribution in [3.8, 4) is 5.75 Å². The van der Waals surface area contributed by atoms with E-state index in [2.05, 4.69) is 10.3 Å². The number of amides is 2. The molecule has 2 N–H and O–H groups in total. The summed E-state index contributed by atoms with van der Waals surface area (Å²) in [5.74, 6) is 0.565. The molecule has 0 unspecified atom stereocenters. The predicted molar refractivity (Wildman–Crippen MR) is 101 cm³/mol. The number of aromatic amines is 1. The van der Waals surface area contributed by atoms with Crippen LogP contribution in [-0.4, -0.2) is 30.5 Å². The van der Waals surface area contributed by atoms with Gasteiger partial charge in [-0.15, -0.1) is 0 Å². The molecule has 0 bridgehead atoms. The van der Waals surface area contributed by atoms with Crippen molar-refractivity contribution >= 4 is 34.1 Å². The zero-order valence-electron chi connectivity index (χ0n) is 14.6. The highest BCUT2D eigenvalue weighted by Gasteiger charge is 2.22. The first-order chi connectivity index (χ1) is 12.5. The first kappa shape index (κ1) is 16.2. The number of fused-ring (bicyclic) bond motifs is 2. The Balaban J connectivity index is 1.56. The average Bonchev–Trinajstić information content (AvgIpc) is 3.24. The van der Waals surface area contributed by atoms with Gasteiger partial charge in [0.25, 0.3) is 5.91 Å². The number of methoxy groups -OCH3 is 1. The Hall–Kier alpha value is -3.28. The minimum atomic E-state index is -0.207. The number of rotatable bonds is 3. The van der Waals surface area contributed by atoms with Crippen molar-refractivity contribution in [1.82, 2.24) is 4.98 Å². The van der Waals surface area contributed by atoms with Gasteiger partial charge in [-0.2, -0.15) is 0 Å². The third-order valence-corrected chi connectivity index (χ3v) is 4.69. The van der Waals surface area contributed by atoms with Gasteiger partial charge in [-0.25, -0.2) is 0 Å². The molecule has 132 valence electrons. The monoisotopic (exact) mass is 349 g/mol. The molecule has 6 heteroatoms. The lowest BCUT2D eigenvalue weighted by atomic mass is 10.1. The summed E-state index contributed by atoms with van der Waals surface area (Å²) in [6, 6.07) is 13.1. The van der Waals surface area contributed by atoms with Gasteiger partial charge < -0.3 is 19.9 Å². The van der Waals surface area contributed by atoms with Crippen molar-refractivity contribution in [2.24, 2.45) is 0 Å². The lowest BCUT2D eigenvalue weighted by molar-refractivity contribution is -0.116. The van der Waals surface area contributed by atoms with Crippen LogP contribution in [0.1, 0.15) is 23.0 Å². The molecule has 2 amide bonds. The number of hydrogen-bond acceptors (Lipinski definition) is 3. The summed E-state index contributed by atoms with van der Waals surface area (Å²) < 4.78 is 5.21. The number of carbonyl (C=O) groups is 2. The van der Waals surface area contributed by atoms with Crippen LogP contribution in [0.4, 0.5) is 11.4 Å². The molecule has 2 aromatic carbocycles. The van der Waals surface area contributed by atoms with Crippen LogP contribution in [0, 0.1) is 0 Å². The maximum Gasteiger partial charge on any atom is 0.272 e. The largest absolute Gasteiger partial charge is 0.497 e. The van der Waals surface area contributed by atoms with Crippen molar-refractivity contribution in [3.63, 3.8) is 0 Å². The van der Waals surface area contributed by atoms with E-state index in [9.17, 15) is 9.59 Å². The molecule has 2 heterocycles. The number of anilines is 2. The summed E-state index contributed by atoms with van der Waals surface area (Å²) in [6.07, 6.45) is 0.796. The molecule has 0 spiro atoms. The van der Waals surface area contributed by atoms with E-state index in [4.69, 9.17) is 4.74 Å². The molecular weight excluding hydrogens is 330 g/mol. The Labute approximate surface area is 150 Å². The number of nitrogens with zero attached hydrogens (tertiary/aromatic N) is 1. The van der Waals surface area contributed by atoms with E-state index in [0.717, 1.165) is 40.0 Å². The van der Waals surface area contributed by atoms with Crippen molar-refractivity contribution in [3.05, 3.63) is 53.7 Å². The van der Waals surface area contributed by atoms with E-state index >= 15 is 0 Å². The predicted octanol–water partition coefficient (Wildman–Crippen LogP) is 3.34. The minimum absolute atomic E-state index is 0.0361. The second-order valence-corrected chi connectivity index (χ2v) is 6.35. The van der Waals surface area contributed by atoms with Gasteiger partial charge in [-0.05, 0) is 48.4 Å². The first-order valence-electron chi connectivity index (χ1n) is 8.44. The summed E-state index contributed by atoms with van der Waals surface area (Å²) >= 11 is 0. The fourth-order valence-electron chi connectivity index (χ4n) is 3.36. The Morgan fingerprint density at radius 2 is 2.00 bits per heavy atom. The third-order valence-electron chi connectivity index (χ3n) is 4.69. The lowest BCUT2D eigenvalue weighted by Crippen LogP contribution is -2.25. The minimum Gasteiger partial charge on any atom is -0.497 e. The second kappa shape index (κ2) is 6.22. The van der Waals surface area contributed by atoms with E-state index in [1.165, 1.54) is 0 Å². The molecule has 1 aliphatic heterocycles. The van der Waals surface area contributed by atoms with Crippen molar-refractivity contribution in [2.45, 2.75) is 13.3 Å². The molecule has 0 radical (unpaired) electrons. The van der Waals surface area contributed by atoms with Crippen LogP contribution in [0.2, 0.25) is 0 Å². The molecule has 1 aromatic heterocycles. The SMILES string of the molecule is COc1ccc2cc(C(=O)Nc3ccc4c(c3)CCN4C(C)=O)[nH]c2c1. The normalized spacial score (nSPS) is 12.9. The number of benzene rings is 2. The van der Waals surface area contributed by atoms with Gasteiger partial charge in [0.2, 0.25) is 5.91 Å². The molecular formula is C20H19N3O3. The quantitative estimate of drug-likeness (QED) is 0.762. The molecule has 26 heavy (non-hydrogen) atoms. The van der Waals surface area contributed by atoms with E-state index in [1.54, 1.807) is 18.9 Å². The van der Waals surface area contributed by atoms with Gasteiger partial charge in [0, 0.05) is 41.8 Å². The first-order valence-corrected chi connectivity index (χ1v) is 8.44. The molecule has 0 fully saturated rings. The van der Waals surface area contributed by atoms with Crippen LogP contribution in [0.25, 0.3) is 10.9 Å². The molecule has 0 aliphatic carbocycles. The van der Waals surface area contributed by atoms with E-state index in [-0.39, 0.29) is 11.8 Å². The van der Waals surface area contributed by atoms with Gasteiger partial charge in [0.1, 0.15) is 11.4 Å². The summed E-state index contributed by atoms with van der Waals surface area (Å²) in [5.41, 5.74) is 4.04. The highest BCUT2D eigenvalue weighted by atomic mass is 16.5. The maximum absolute atomic E-state index is 12.6. The Morgan fingerprint density at radius 3 is 2.77 bits per heavy atom. The van der Waals surface area contributed by atoms with Crippen molar-refractivity contribution in [1.29, 1.82) is 0 Å². The number of H-pyrrole nitrogens is 1. The van der Waals surface area contributed by atoms with Gasteiger partial charge >= 0.3 is 0 Å². The summed E-state index contributed by atoms with van der Waals surface area (Å²) in [5, 5.41) is 3.86. The smallest absolute Gasteiger partial charge is 0.272 e. The summed E-state index contributed by atoms with van der Waals surface area (Å²) in [4.78, 5) is 29.1. The van der Waals surface area contributed by atoms with Crippen LogP contribution in [-0.2, 0) is 11.2 Å². The van der Waals surface area contributed by atoms with Crippen LogP contribution >= 0.6 is 0 Å². The fraction of sp³-hybridized carbons (Fsp3) is 0.200. The fourth-order valence-corrected chi connectivity index (χ4v) is 3.36. The van der Waals surface area contributed by atoms with Gasteiger partial charge in [0.05, 0.1) is 7.11 Å². The van der Waals surface area contributed by atoms with Crippen LogP contribution < -0.4 is 15.0 Å². The highest BCUT2D eigenvalue weighted by molar-refractivity contribution is 6.06. The van der Waals surface area contributed by atoms with Gasteiger partial charge in [0.15, 0.2) is 0 Å². The molecule has 0 atom stereocenters. The summed E-state index contributed by atoms with van der Waals surface area (Å²) in [7, 11) is 1.61. The molecule has 4 rings (SSSR count). The zero-order valence-corrected chi connectivity index (χ0v) is 14.6. The summed E-state index contributed by atoms with van der Waals surface area (Å²) in [6.45, 7) is 2.25. The molecule has 3 aromatic rings. The standard InChI is InChI=1S/C20H19N3O3/c1-12(24)23-8-7-14-9-15(4-6-19(14)23)21-20(25)18-10-13-3-5-16(26-2)11-17(13)22-18/h3-6,9-11,22H,7-8H2,1-2H3,(H,21,25). The Kier molecular flexibility index (Phi) is 3.88. The van der Waals surface area contributed by atoms with Crippen LogP contribution in [0.3, 0.4) is 0 Å². The average molecular weight is 349 g/mol.